The number of anilines is 2. The number of nitrogens with zero attached hydrogens (tertiary/aromatic N) is 2. The lowest BCUT2D eigenvalue weighted by molar-refractivity contribution is -0.120. The fourth-order valence-electron chi connectivity index (χ4n) is 4.70. The lowest BCUT2D eigenvalue weighted by atomic mass is 9.83. The van der Waals surface area contributed by atoms with Crippen LogP contribution in [-0.4, -0.2) is 50.5 Å². The molecule has 1 aromatic carbocycles. The standard InChI is InChI=1S/C23H33N5O2S/c1-15-9-7-10-16(13-15)24-21(30)28-14-17-18(22(28,2)3)26-27-19(17)25-20(29)23(11-8-12-23)31(4,5)6/h7,9-10,13H,8,11-12,14H2,1-6H3,(H,24,30)(H2,25,26,27,29). The van der Waals surface area contributed by atoms with Gasteiger partial charge in [0.25, 0.3) is 0 Å². The molecule has 1 aliphatic heterocycles. The van der Waals surface area contributed by atoms with E-state index in [1.165, 1.54) is 0 Å². The Morgan fingerprint density at radius 2 is 1.87 bits per heavy atom. The van der Waals surface area contributed by atoms with E-state index in [9.17, 15) is 9.59 Å². The molecule has 1 aromatic heterocycles. The molecule has 0 spiro atoms. The number of benzene rings is 1. The zero-order chi connectivity index (χ0) is 22.6. The molecule has 3 N–H and O–H groups in total. The van der Waals surface area contributed by atoms with Gasteiger partial charge in [0.1, 0.15) is 0 Å². The van der Waals surface area contributed by atoms with Gasteiger partial charge in [-0.1, -0.05) is 12.1 Å². The van der Waals surface area contributed by atoms with Gasteiger partial charge >= 0.3 is 6.03 Å². The highest BCUT2D eigenvalue weighted by atomic mass is 32.3. The molecule has 1 fully saturated rings. The lowest BCUT2D eigenvalue weighted by Crippen LogP contribution is -2.51. The summed E-state index contributed by atoms with van der Waals surface area (Å²) in [6.45, 7) is 6.37. The maximum atomic E-state index is 13.3. The van der Waals surface area contributed by atoms with E-state index in [1.807, 2.05) is 45.0 Å². The molecule has 2 aromatic rings. The molecule has 4 rings (SSSR count). The summed E-state index contributed by atoms with van der Waals surface area (Å²) in [5.74, 6) is 0.616. The maximum absolute atomic E-state index is 13.3. The van der Waals surface area contributed by atoms with Gasteiger partial charge in [0, 0.05) is 11.3 Å². The van der Waals surface area contributed by atoms with Crippen molar-refractivity contribution in [2.24, 2.45) is 0 Å². The number of fused-ring (bicyclic) bond motifs is 1. The quantitative estimate of drug-likeness (QED) is 0.647. The van der Waals surface area contributed by atoms with Gasteiger partial charge in [-0.2, -0.15) is 5.10 Å². The molecule has 2 aliphatic rings. The van der Waals surface area contributed by atoms with Crippen LogP contribution < -0.4 is 10.6 Å². The summed E-state index contributed by atoms with van der Waals surface area (Å²) in [5, 5.41) is 13.6. The first kappa shape index (κ1) is 21.7. The molecular formula is C23H33N5O2S. The third kappa shape index (κ3) is 3.50. The predicted molar refractivity (Wildman–Crippen MR) is 128 cm³/mol. The lowest BCUT2D eigenvalue weighted by Gasteiger charge is -2.53. The molecule has 2 heterocycles. The van der Waals surface area contributed by atoms with Crippen LogP contribution >= 0.6 is 10.0 Å². The third-order valence-corrected chi connectivity index (χ3v) is 9.90. The number of hydrogen-bond donors (Lipinski definition) is 3. The molecular weight excluding hydrogens is 410 g/mol. The molecule has 1 saturated carbocycles. The molecule has 8 heteroatoms. The number of H-pyrrole nitrogens is 1. The van der Waals surface area contributed by atoms with Gasteiger partial charge in [-0.15, -0.1) is 0 Å². The van der Waals surface area contributed by atoms with Gasteiger partial charge in [0.05, 0.1) is 22.5 Å². The van der Waals surface area contributed by atoms with Gasteiger partial charge in [-0.05, 0) is 76.5 Å². The molecule has 168 valence electrons. The Labute approximate surface area is 185 Å². The fraction of sp³-hybridized carbons (Fsp3) is 0.522. The molecule has 0 atom stereocenters. The van der Waals surface area contributed by atoms with E-state index in [1.54, 1.807) is 4.90 Å². The van der Waals surface area contributed by atoms with E-state index in [-0.39, 0.29) is 16.7 Å². The van der Waals surface area contributed by atoms with Crippen molar-refractivity contribution < 1.29 is 9.59 Å². The number of carbonyl (C=O) groups excluding carboxylic acids is 2. The molecule has 0 saturated heterocycles. The van der Waals surface area contributed by atoms with Crippen LogP contribution in [0.5, 0.6) is 0 Å². The second kappa shape index (κ2) is 7.29. The van der Waals surface area contributed by atoms with Crippen molar-refractivity contribution in [3.63, 3.8) is 0 Å². The van der Waals surface area contributed by atoms with E-state index in [2.05, 4.69) is 39.6 Å². The SMILES string of the molecule is Cc1cccc(NC(=O)N2Cc3c(NC(=O)C4(S(C)(C)C)CCC4)n[nH]c3C2(C)C)c1. The zero-order valence-electron chi connectivity index (χ0n) is 19.3. The number of rotatable bonds is 4. The monoisotopic (exact) mass is 443 g/mol. The summed E-state index contributed by atoms with van der Waals surface area (Å²) in [6.07, 6.45) is 9.58. The molecule has 3 amide bonds. The number of aromatic amines is 1. The van der Waals surface area contributed by atoms with Crippen molar-refractivity contribution in [1.29, 1.82) is 0 Å². The molecule has 0 bridgehead atoms. The Bertz CT molecular complexity index is 1030. The van der Waals surface area contributed by atoms with Crippen LogP contribution in [0.1, 0.15) is 49.9 Å². The Kier molecular flexibility index (Phi) is 5.11. The van der Waals surface area contributed by atoms with Crippen molar-refractivity contribution in [1.82, 2.24) is 15.1 Å². The van der Waals surface area contributed by atoms with E-state index in [0.29, 0.717) is 12.4 Å². The van der Waals surface area contributed by atoms with Gasteiger partial charge in [0.2, 0.25) is 5.91 Å². The van der Waals surface area contributed by atoms with E-state index in [0.717, 1.165) is 41.8 Å². The van der Waals surface area contributed by atoms with Crippen LogP contribution in [0.25, 0.3) is 0 Å². The van der Waals surface area contributed by atoms with Gasteiger partial charge < -0.3 is 15.5 Å². The molecule has 31 heavy (non-hydrogen) atoms. The van der Waals surface area contributed by atoms with Crippen molar-refractivity contribution in [2.45, 2.75) is 56.9 Å². The van der Waals surface area contributed by atoms with E-state index < -0.39 is 15.6 Å². The Morgan fingerprint density at radius 1 is 1.16 bits per heavy atom. The van der Waals surface area contributed by atoms with Crippen LogP contribution in [0.3, 0.4) is 0 Å². The first-order chi connectivity index (χ1) is 14.5. The number of hydrogen-bond acceptors (Lipinski definition) is 3. The Balaban J connectivity index is 1.54. The first-order valence-electron chi connectivity index (χ1n) is 10.7. The normalized spacial score (nSPS) is 19.4. The minimum atomic E-state index is -1.05. The van der Waals surface area contributed by atoms with Gasteiger partial charge in [0.15, 0.2) is 5.82 Å². The minimum absolute atomic E-state index is 0.0658. The van der Waals surface area contributed by atoms with Crippen molar-refractivity contribution in [3.8, 4) is 0 Å². The molecule has 0 unspecified atom stereocenters. The molecule has 1 aliphatic carbocycles. The van der Waals surface area contributed by atoms with Gasteiger partial charge in [-0.3, -0.25) is 9.89 Å². The van der Waals surface area contributed by atoms with E-state index in [4.69, 9.17) is 0 Å². The second-order valence-corrected chi connectivity index (χ2v) is 14.5. The van der Waals surface area contributed by atoms with Crippen molar-refractivity contribution in [2.75, 3.05) is 29.4 Å². The zero-order valence-corrected chi connectivity index (χ0v) is 20.1. The van der Waals surface area contributed by atoms with Crippen LogP contribution in [0.4, 0.5) is 16.3 Å². The average Bonchev–Trinajstić information content (AvgIpc) is 3.11. The first-order valence-corrected chi connectivity index (χ1v) is 13.5. The number of aromatic nitrogens is 2. The minimum Gasteiger partial charge on any atom is -0.309 e. The number of nitrogens with one attached hydrogen (secondary N) is 3. The predicted octanol–water partition coefficient (Wildman–Crippen LogP) is 4.56. The van der Waals surface area contributed by atoms with E-state index >= 15 is 0 Å². The van der Waals surface area contributed by atoms with Gasteiger partial charge in [-0.25, -0.2) is 14.8 Å². The maximum Gasteiger partial charge on any atom is 0.322 e. The van der Waals surface area contributed by atoms with Crippen LogP contribution in [0.2, 0.25) is 0 Å². The number of amides is 3. The average molecular weight is 444 g/mol. The Morgan fingerprint density at radius 3 is 2.45 bits per heavy atom. The number of aryl methyl sites for hydroxylation is 1. The Hall–Kier alpha value is -2.48. The summed E-state index contributed by atoms with van der Waals surface area (Å²) < 4.78 is -0.283. The highest BCUT2D eigenvalue weighted by Crippen LogP contribution is 2.60. The molecule has 0 radical (unpaired) electrons. The highest BCUT2D eigenvalue weighted by Gasteiger charge is 2.51. The van der Waals surface area contributed by atoms with Crippen molar-refractivity contribution >= 4 is 33.5 Å². The fourth-order valence-corrected chi connectivity index (χ4v) is 6.82. The molecule has 7 nitrogen and oxygen atoms in total. The van der Waals surface area contributed by atoms with Crippen LogP contribution in [-0.2, 0) is 16.9 Å². The van der Waals surface area contributed by atoms with Crippen LogP contribution in [0.15, 0.2) is 24.3 Å². The summed E-state index contributed by atoms with van der Waals surface area (Å²) in [7, 11) is -1.05. The largest absolute Gasteiger partial charge is 0.322 e. The highest BCUT2D eigenvalue weighted by molar-refractivity contribution is 8.33. The topological polar surface area (TPSA) is 90.1 Å². The summed E-state index contributed by atoms with van der Waals surface area (Å²) in [4.78, 5) is 28.1. The summed E-state index contributed by atoms with van der Waals surface area (Å²) in [6, 6.07) is 7.57. The summed E-state index contributed by atoms with van der Waals surface area (Å²) in [5.41, 5.74) is 3.04. The second-order valence-electron chi connectivity index (χ2n) is 10.0. The number of urea groups is 1. The third-order valence-electron chi connectivity index (χ3n) is 6.96. The number of carbonyl (C=O) groups is 2. The smallest absolute Gasteiger partial charge is 0.309 e. The summed E-state index contributed by atoms with van der Waals surface area (Å²) >= 11 is 0. The van der Waals surface area contributed by atoms with Crippen molar-refractivity contribution in [3.05, 3.63) is 41.1 Å². The van der Waals surface area contributed by atoms with Crippen LogP contribution in [0, 0.1) is 6.92 Å².